The van der Waals surface area contributed by atoms with Gasteiger partial charge < -0.3 is 16.2 Å². The summed E-state index contributed by atoms with van der Waals surface area (Å²) >= 11 is 0. The van der Waals surface area contributed by atoms with Crippen LogP contribution >= 0.6 is 0 Å². The van der Waals surface area contributed by atoms with E-state index in [1.165, 1.54) is 18.2 Å². The first kappa shape index (κ1) is 13.1. The van der Waals surface area contributed by atoms with E-state index in [1.54, 1.807) is 0 Å². The van der Waals surface area contributed by atoms with Gasteiger partial charge in [-0.05, 0) is 37.0 Å². The van der Waals surface area contributed by atoms with E-state index < -0.39 is 17.3 Å². The van der Waals surface area contributed by atoms with E-state index in [-0.39, 0.29) is 24.7 Å². The molecule has 1 aliphatic heterocycles. The highest BCUT2D eigenvalue weighted by molar-refractivity contribution is 5.93. The molecule has 0 aromatic heterocycles. The number of carbonyl (C=O) groups excluding carboxylic acids is 1. The van der Waals surface area contributed by atoms with Crippen molar-refractivity contribution in [3.63, 3.8) is 0 Å². The van der Waals surface area contributed by atoms with Gasteiger partial charge in [0.05, 0.1) is 6.61 Å². The van der Waals surface area contributed by atoms with Crippen LogP contribution in [0.3, 0.4) is 0 Å². The Morgan fingerprint density at radius 3 is 2.80 bits per heavy atom. The average molecular weight is 277 g/mol. The molecule has 1 aromatic rings. The maximum Gasteiger partial charge on any atom is 0.248 e. The van der Waals surface area contributed by atoms with Gasteiger partial charge in [0.25, 0.3) is 0 Å². The van der Waals surface area contributed by atoms with Crippen molar-refractivity contribution in [1.29, 1.82) is 0 Å². The molecule has 106 valence electrons. The van der Waals surface area contributed by atoms with E-state index in [1.807, 2.05) is 0 Å². The van der Waals surface area contributed by atoms with Crippen LogP contribution < -0.4 is 11.5 Å². The molecule has 1 atom stereocenters. The number of primary amides is 1. The van der Waals surface area contributed by atoms with Gasteiger partial charge in [0, 0.05) is 11.1 Å². The Bertz CT molecular complexity index is 598. The van der Waals surface area contributed by atoms with Gasteiger partial charge in [-0.15, -0.1) is 0 Å². The fourth-order valence-corrected chi connectivity index (χ4v) is 2.77. The van der Waals surface area contributed by atoms with Crippen LogP contribution in [-0.2, 0) is 10.3 Å². The number of benzene rings is 1. The summed E-state index contributed by atoms with van der Waals surface area (Å²) in [7, 11) is 0. The Morgan fingerprint density at radius 1 is 1.45 bits per heavy atom. The van der Waals surface area contributed by atoms with Crippen LogP contribution in [0.25, 0.3) is 0 Å². The highest BCUT2D eigenvalue weighted by Crippen LogP contribution is 2.50. The topological polar surface area (TPSA) is 90.7 Å². The maximum absolute atomic E-state index is 14.3. The van der Waals surface area contributed by atoms with Gasteiger partial charge in [0.15, 0.2) is 0 Å². The minimum absolute atomic E-state index is 0.193. The molecule has 0 saturated heterocycles. The number of ether oxygens (including phenoxy) is 1. The SMILES string of the molecule is NC(=O)c1ccc(F)c([C@@]2(C3CC3)COCC(N)=N2)c1. The van der Waals surface area contributed by atoms with Crippen molar-refractivity contribution in [2.24, 2.45) is 22.4 Å². The van der Waals surface area contributed by atoms with Crippen molar-refractivity contribution >= 4 is 11.7 Å². The van der Waals surface area contributed by atoms with Crippen molar-refractivity contribution in [3.05, 3.63) is 35.1 Å². The van der Waals surface area contributed by atoms with Gasteiger partial charge in [0.1, 0.15) is 23.8 Å². The number of carbonyl (C=O) groups is 1. The van der Waals surface area contributed by atoms with Crippen LogP contribution in [0.1, 0.15) is 28.8 Å². The summed E-state index contributed by atoms with van der Waals surface area (Å²) in [5, 5.41) is 0. The molecule has 1 saturated carbocycles. The van der Waals surface area contributed by atoms with Crippen LogP contribution in [0, 0.1) is 11.7 Å². The lowest BCUT2D eigenvalue weighted by Crippen LogP contribution is -2.42. The number of rotatable bonds is 3. The largest absolute Gasteiger partial charge is 0.386 e. The minimum Gasteiger partial charge on any atom is -0.386 e. The first-order valence-corrected chi connectivity index (χ1v) is 6.55. The second-order valence-electron chi connectivity index (χ2n) is 5.35. The molecule has 0 spiro atoms. The second-order valence-corrected chi connectivity index (χ2v) is 5.35. The Morgan fingerprint density at radius 2 is 2.20 bits per heavy atom. The molecule has 0 unspecified atom stereocenters. The van der Waals surface area contributed by atoms with Crippen molar-refractivity contribution in [1.82, 2.24) is 0 Å². The lowest BCUT2D eigenvalue weighted by molar-refractivity contribution is 0.0839. The third-order valence-electron chi connectivity index (χ3n) is 3.89. The minimum atomic E-state index is -0.822. The number of halogens is 1. The van der Waals surface area contributed by atoms with Crippen molar-refractivity contribution in [2.45, 2.75) is 18.4 Å². The summed E-state index contributed by atoms with van der Waals surface area (Å²) < 4.78 is 19.7. The smallest absolute Gasteiger partial charge is 0.248 e. The third kappa shape index (κ3) is 2.06. The number of amidine groups is 1. The highest BCUT2D eigenvalue weighted by Gasteiger charge is 2.49. The number of aliphatic imine (C=N–C) groups is 1. The molecule has 6 heteroatoms. The molecular weight excluding hydrogens is 261 g/mol. The molecule has 1 fully saturated rings. The fourth-order valence-electron chi connectivity index (χ4n) is 2.77. The molecule has 1 aromatic carbocycles. The molecule has 4 N–H and O–H groups in total. The van der Waals surface area contributed by atoms with Gasteiger partial charge in [-0.3, -0.25) is 9.79 Å². The first-order chi connectivity index (χ1) is 9.53. The second kappa shape index (κ2) is 4.56. The van der Waals surface area contributed by atoms with E-state index in [9.17, 15) is 9.18 Å². The zero-order valence-corrected chi connectivity index (χ0v) is 10.9. The summed E-state index contributed by atoms with van der Waals surface area (Å²) in [5.74, 6) is -0.458. The molecule has 20 heavy (non-hydrogen) atoms. The molecule has 2 aliphatic rings. The highest BCUT2D eigenvalue weighted by atomic mass is 19.1. The summed E-state index contributed by atoms with van der Waals surface area (Å²) in [6.07, 6.45) is 1.89. The lowest BCUT2D eigenvalue weighted by Gasteiger charge is -2.34. The van der Waals surface area contributed by atoms with Gasteiger partial charge in [-0.2, -0.15) is 0 Å². The zero-order valence-electron chi connectivity index (χ0n) is 10.9. The summed E-state index contributed by atoms with van der Waals surface area (Å²) in [6.45, 7) is 0.531. The molecule has 0 radical (unpaired) electrons. The fraction of sp³-hybridized carbons (Fsp3) is 0.429. The Labute approximate surface area is 115 Å². The lowest BCUT2D eigenvalue weighted by atomic mass is 9.84. The number of amides is 1. The summed E-state index contributed by atoms with van der Waals surface area (Å²) in [6, 6.07) is 4.10. The van der Waals surface area contributed by atoms with Gasteiger partial charge in [-0.1, -0.05) is 0 Å². The molecule has 1 heterocycles. The van der Waals surface area contributed by atoms with E-state index in [2.05, 4.69) is 4.99 Å². The number of nitrogens with two attached hydrogens (primary N) is 2. The molecule has 0 bridgehead atoms. The van der Waals surface area contributed by atoms with Crippen LogP contribution in [-0.4, -0.2) is 25.0 Å². The standard InChI is InChI=1S/C14H16FN3O2/c15-11-4-1-8(13(17)19)5-10(11)14(9-2-3-9)7-20-6-12(16)18-14/h1,4-5,9H,2-3,6-7H2,(H2,16,18)(H2,17,19)/t14-/m0/s1. The Kier molecular flexibility index (Phi) is 2.97. The number of hydrogen-bond donors (Lipinski definition) is 2. The van der Waals surface area contributed by atoms with Gasteiger partial charge in [-0.25, -0.2) is 4.39 Å². The monoisotopic (exact) mass is 277 g/mol. The molecule has 5 nitrogen and oxygen atoms in total. The molecule has 3 rings (SSSR count). The van der Waals surface area contributed by atoms with E-state index in [0.717, 1.165) is 12.8 Å². The van der Waals surface area contributed by atoms with E-state index >= 15 is 0 Å². The van der Waals surface area contributed by atoms with Crippen LogP contribution in [0.4, 0.5) is 4.39 Å². The predicted octanol–water partition coefficient (Wildman–Crippen LogP) is 0.917. The molecule has 1 amide bonds. The normalized spacial score (nSPS) is 26.1. The first-order valence-electron chi connectivity index (χ1n) is 6.55. The van der Waals surface area contributed by atoms with Crippen LogP contribution in [0.15, 0.2) is 23.2 Å². The van der Waals surface area contributed by atoms with Crippen molar-refractivity contribution in [3.8, 4) is 0 Å². The Balaban J connectivity index is 2.15. The van der Waals surface area contributed by atoms with E-state index in [4.69, 9.17) is 16.2 Å². The van der Waals surface area contributed by atoms with E-state index in [0.29, 0.717) is 11.4 Å². The predicted molar refractivity (Wildman–Crippen MR) is 71.8 cm³/mol. The number of nitrogens with zero attached hydrogens (tertiary/aromatic N) is 1. The molecule has 1 aliphatic carbocycles. The van der Waals surface area contributed by atoms with Crippen LogP contribution in [0.5, 0.6) is 0 Å². The van der Waals surface area contributed by atoms with Gasteiger partial charge in [0.2, 0.25) is 5.91 Å². The summed E-state index contributed by atoms with van der Waals surface area (Å²) in [4.78, 5) is 15.8. The van der Waals surface area contributed by atoms with Crippen molar-refractivity contribution < 1.29 is 13.9 Å². The Hall–Kier alpha value is -1.95. The zero-order chi connectivity index (χ0) is 14.3. The average Bonchev–Trinajstić information content (AvgIpc) is 3.23. The third-order valence-corrected chi connectivity index (χ3v) is 3.89. The summed E-state index contributed by atoms with van der Waals surface area (Å²) in [5.41, 5.74) is 10.8. The molecular formula is C14H16FN3O2. The quantitative estimate of drug-likeness (QED) is 0.860. The maximum atomic E-state index is 14.3. The van der Waals surface area contributed by atoms with Crippen LogP contribution in [0.2, 0.25) is 0 Å². The number of hydrogen-bond acceptors (Lipinski definition) is 4. The van der Waals surface area contributed by atoms with Crippen molar-refractivity contribution in [2.75, 3.05) is 13.2 Å². The van der Waals surface area contributed by atoms with Gasteiger partial charge >= 0.3 is 0 Å².